The first kappa shape index (κ1) is 24.4. The third kappa shape index (κ3) is 5.64. The summed E-state index contributed by atoms with van der Waals surface area (Å²) in [7, 11) is 0.799. The van der Waals surface area contributed by atoms with Crippen LogP contribution in [0.3, 0.4) is 0 Å². The Bertz CT molecular complexity index is 966. The second kappa shape index (κ2) is 9.52. The first-order valence-corrected chi connectivity index (χ1v) is 11.2. The molecular weight excluding hydrogens is 428 g/mol. The predicted octanol–water partition coefficient (Wildman–Crippen LogP) is -1.07. The molecule has 172 valence electrons. The number of piperazine rings is 1. The molecule has 2 N–H and O–H groups in total. The molecule has 11 nitrogen and oxygen atoms in total. The first-order chi connectivity index (χ1) is 14.4. The number of hydrogen-bond donors (Lipinski definition) is 2. The molecule has 3 amide bonds. The van der Waals surface area contributed by atoms with E-state index in [9.17, 15) is 22.8 Å². The Morgan fingerprint density at radius 1 is 1.16 bits per heavy atom. The van der Waals surface area contributed by atoms with E-state index >= 15 is 0 Å². The molecule has 12 heteroatoms. The topological polar surface area (TPSA) is 134 Å². The van der Waals surface area contributed by atoms with Crippen LogP contribution in [0.25, 0.3) is 0 Å². The van der Waals surface area contributed by atoms with E-state index in [0.717, 1.165) is 16.1 Å². The Hall–Kier alpha value is -2.86. The summed E-state index contributed by atoms with van der Waals surface area (Å²) >= 11 is 0. The van der Waals surface area contributed by atoms with Gasteiger partial charge in [-0.15, -0.1) is 0 Å². The first-order valence-electron chi connectivity index (χ1n) is 9.40. The number of rotatable bonds is 8. The molecule has 0 spiro atoms. The van der Waals surface area contributed by atoms with Gasteiger partial charge < -0.3 is 25.0 Å². The molecule has 0 bridgehead atoms. The molecule has 2 rings (SSSR count). The van der Waals surface area contributed by atoms with Crippen molar-refractivity contribution in [2.24, 2.45) is 0 Å². The van der Waals surface area contributed by atoms with Crippen LogP contribution in [0, 0.1) is 0 Å². The van der Waals surface area contributed by atoms with Crippen LogP contribution in [0.1, 0.15) is 12.5 Å². The fraction of sp³-hybridized carbons (Fsp3) is 0.526. The Morgan fingerprint density at radius 3 is 2.39 bits per heavy atom. The van der Waals surface area contributed by atoms with Gasteiger partial charge in [-0.2, -0.15) is 4.31 Å². The Balaban J connectivity index is 1.96. The summed E-state index contributed by atoms with van der Waals surface area (Å²) in [5.41, 5.74) is -0.673. The molecule has 0 aromatic heterocycles. The van der Waals surface area contributed by atoms with Crippen molar-refractivity contribution in [2.45, 2.75) is 19.0 Å². The van der Waals surface area contributed by atoms with Gasteiger partial charge in [-0.1, -0.05) is 6.07 Å². The van der Waals surface area contributed by atoms with Crippen LogP contribution in [0.15, 0.2) is 18.2 Å². The number of amides is 3. The van der Waals surface area contributed by atoms with E-state index in [0.29, 0.717) is 11.5 Å². The normalized spacial score (nSPS) is 19.6. The van der Waals surface area contributed by atoms with Crippen LogP contribution in [0.4, 0.5) is 0 Å². The number of likely N-dealkylation sites (N-methyl/N-ethyl adjacent to an activating group) is 1. The summed E-state index contributed by atoms with van der Waals surface area (Å²) < 4.78 is 35.1. The minimum atomic E-state index is -3.66. The quantitative estimate of drug-likeness (QED) is 0.509. The van der Waals surface area contributed by atoms with E-state index in [1.807, 2.05) is 0 Å². The average Bonchev–Trinajstić information content (AvgIpc) is 2.72. The molecule has 0 saturated carbocycles. The largest absolute Gasteiger partial charge is 0.493 e. The van der Waals surface area contributed by atoms with Gasteiger partial charge in [0.25, 0.3) is 0 Å². The fourth-order valence-corrected chi connectivity index (χ4v) is 3.93. The number of nitrogens with zero attached hydrogens (tertiary/aromatic N) is 2. The van der Waals surface area contributed by atoms with E-state index < -0.39 is 33.3 Å². The molecule has 1 heterocycles. The SMILES string of the molecule is COc1ccc(CNC(=O)CNC(=O)C2(C)CN(S(C)(=O)=O)CC(=O)N2C)cc1OC. The van der Waals surface area contributed by atoms with Crippen molar-refractivity contribution in [1.29, 1.82) is 0 Å². The lowest BCUT2D eigenvalue weighted by Crippen LogP contribution is -2.68. The van der Waals surface area contributed by atoms with Gasteiger partial charge in [0.2, 0.25) is 27.7 Å². The molecule has 1 aromatic rings. The molecule has 1 fully saturated rings. The Labute approximate surface area is 181 Å². The summed E-state index contributed by atoms with van der Waals surface area (Å²) in [4.78, 5) is 38.3. The highest BCUT2D eigenvalue weighted by Gasteiger charge is 2.47. The summed E-state index contributed by atoms with van der Waals surface area (Å²) in [6.07, 6.45) is 0.978. The van der Waals surface area contributed by atoms with Crippen molar-refractivity contribution >= 4 is 27.7 Å². The lowest BCUT2D eigenvalue weighted by Gasteiger charge is -2.44. The van der Waals surface area contributed by atoms with Crippen molar-refractivity contribution in [3.05, 3.63) is 23.8 Å². The zero-order valence-corrected chi connectivity index (χ0v) is 19.0. The van der Waals surface area contributed by atoms with Crippen molar-refractivity contribution < 1.29 is 32.3 Å². The van der Waals surface area contributed by atoms with Gasteiger partial charge in [0, 0.05) is 20.1 Å². The van der Waals surface area contributed by atoms with Crippen molar-refractivity contribution in [2.75, 3.05) is 47.2 Å². The van der Waals surface area contributed by atoms with Crippen molar-refractivity contribution in [3.8, 4) is 11.5 Å². The van der Waals surface area contributed by atoms with Crippen LogP contribution < -0.4 is 20.1 Å². The molecular formula is C19H28N4O7S. The number of carbonyl (C=O) groups excluding carboxylic acids is 3. The van der Waals surface area contributed by atoms with Crippen LogP contribution in [0.2, 0.25) is 0 Å². The summed E-state index contributed by atoms with van der Waals surface area (Å²) in [5.74, 6) is -0.495. The van der Waals surface area contributed by atoms with E-state index in [1.165, 1.54) is 33.1 Å². The van der Waals surface area contributed by atoms with Gasteiger partial charge in [-0.3, -0.25) is 14.4 Å². The maximum absolute atomic E-state index is 12.7. The molecule has 0 aliphatic carbocycles. The maximum atomic E-state index is 12.7. The number of hydrogen-bond acceptors (Lipinski definition) is 7. The number of nitrogens with one attached hydrogen (secondary N) is 2. The number of methoxy groups -OCH3 is 2. The zero-order valence-electron chi connectivity index (χ0n) is 18.2. The molecule has 1 aliphatic heterocycles. The summed E-state index contributed by atoms with van der Waals surface area (Å²) in [5, 5.41) is 5.16. The fourth-order valence-electron chi connectivity index (χ4n) is 3.10. The smallest absolute Gasteiger partial charge is 0.247 e. The molecule has 31 heavy (non-hydrogen) atoms. The molecule has 1 atom stereocenters. The monoisotopic (exact) mass is 456 g/mol. The van der Waals surface area contributed by atoms with Gasteiger partial charge in [-0.25, -0.2) is 8.42 Å². The zero-order chi connectivity index (χ0) is 23.4. The van der Waals surface area contributed by atoms with E-state index in [-0.39, 0.29) is 26.2 Å². The summed E-state index contributed by atoms with van der Waals surface area (Å²) in [6.45, 7) is 0.797. The maximum Gasteiger partial charge on any atom is 0.247 e. The van der Waals surface area contributed by atoms with Crippen LogP contribution in [-0.2, 0) is 31.0 Å². The van der Waals surface area contributed by atoms with E-state index in [2.05, 4.69) is 10.6 Å². The Kier molecular flexibility index (Phi) is 7.49. The molecule has 1 aliphatic rings. The van der Waals surface area contributed by atoms with Crippen molar-refractivity contribution in [1.82, 2.24) is 19.8 Å². The number of ether oxygens (including phenoxy) is 2. The van der Waals surface area contributed by atoms with Gasteiger partial charge in [-0.05, 0) is 24.6 Å². The van der Waals surface area contributed by atoms with Gasteiger partial charge in [0.1, 0.15) is 5.54 Å². The predicted molar refractivity (Wildman–Crippen MR) is 112 cm³/mol. The third-order valence-electron chi connectivity index (χ3n) is 5.22. The second-order valence-corrected chi connectivity index (χ2v) is 9.39. The van der Waals surface area contributed by atoms with Gasteiger partial charge >= 0.3 is 0 Å². The van der Waals surface area contributed by atoms with E-state index in [4.69, 9.17) is 9.47 Å². The Morgan fingerprint density at radius 2 is 1.81 bits per heavy atom. The van der Waals surface area contributed by atoms with Gasteiger partial charge in [0.15, 0.2) is 11.5 Å². The average molecular weight is 457 g/mol. The van der Waals surface area contributed by atoms with Crippen LogP contribution in [-0.4, -0.2) is 88.0 Å². The number of carbonyl (C=O) groups is 3. The van der Waals surface area contributed by atoms with Crippen LogP contribution >= 0.6 is 0 Å². The highest BCUT2D eigenvalue weighted by molar-refractivity contribution is 7.88. The molecule has 0 radical (unpaired) electrons. The minimum absolute atomic E-state index is 0.201. The lowest BCUT2D eigenvalue weighted by molar-refractivity contribution is -0.150. The van der Waals surface area contributed by atoms with Gasteiger partial charge in [0.05, 0.1) is 33.6 Å². The van der Waals surface area contributed by atoms with Crippen LogP contribution in [0.5, 0.6) is 11.5 Å². The number of sulfonamides is 1. The molecule has 1 saturated heterocycles. The molecule has 1 aromatic carbocycles. The van der Waals surface area contributed by atoms with Crippen molar-refractivity contribution in [3.63, 3.8) is 0 Å². The van der Waals surface area contributed by atoms with E-state index in [1.54, 1.807) is 18.2 Å². The highest BCUT2D eigenvalue weighted by Crippen LogP contribution is 2.27. The standard InChI is InChI=1S/C19H28N4O7S/c1-19(12-23(31(5,27)28)11-17(25)22(19)2)18(26)21-10-16(24)20-9-13-6-7-14(29-3)15(8-13)30-4/h6-8H,9-12H2,1-5H3,(H,20,24)(H,21,26). The third-order valence-corrected chi connectivity index (χ3v) is 6.41. The highest BCUT2D eigenvalue weighted by atomic mass is 32.2. The minimum Gasteiger partial charge on any atom is -0.493 e. The molecule has 1 unspecified atom stereocenters. The number of benzene rings is 1. The second-order valence-electron chi connectivity index (χ2n) is 7.41. The summed E-state index contributed by atoms with van der Waals surface area (Å²) in [6, 6.07) is 5.21. The lowest BCUT2D eigenvalue weighted by atomic mass is 9.96.